The molecule has 22 heavy (non-hydrogen) atoms. The highest BCUT2D eigenvalue weighted by Gasteiger charge is 2.23. The lowest BCUT2D eigenvalue weighted by atomic mass is 10.1. The molecule has 2 N–H and O–H groups in total. The van der Waals surface area contributed by atoms with Gasteiger partial charge < -0.3 is 9.80 Å². The molecule has 116 valence electrons. The van der Waals surface area contributed by atoms with Crippen molar-refractivity contribution < 1.29 is 18.6 Å². The van der Waals surface area contributed by atoms with Gasteiger partial charge in [-0.15, -0.1) is 0 Å². The minimum absolute atomic E-state index is 0.174. The highest BCUT2D eigenvalue weighted by Crippen LogP contribution is 2.02. The van der Waals surface area contributed by atoms with Crippen molar-refractivity contribution in [2.75, 3.05) is 26.2 Å². The Hall–Kier alpha value is -1.78. The standard InChI is InChI=1S/C18H20F2N2/c19-17-5-1-15(2-6-17)13-21-9-11-22(12-10-21)14-16-3-7-18(20)8-4-16/h1-8H,9-14H2/p+2. The Bertz CT molecular complexity index is 532. The van der Waals surface area contributed by atoms with Gasteiger partial charge in [0.1, 0.15) is 50.9 Å². The van der Waals surface area contributed by atoms with Crippen molar-refractivity contribution >= 4 is 0 Å². The molecule has 0 spiro atoms. The van der Waals surface area contributed by atoms with E-state index in [1.807, 2.05) is 24.3 Å². The first-order valence-electron chi connectivity index (χ1n) is 7.85. The molecule has 0 aliphatic carbocycles. The summed E-state index contributed by atoms with van der Waals surface area (Å²) in [6.07, 6.45) is 0. The number of nitrogens with one attached hydrogen (secondary N) is 2. The molecule has 1 heterocycles. The van der Waals surface area contributed by atoms with E-state index in [-0.39, 0.29) is 11.6 Å². The van der Waals surface area contributed by atoms with Crippen molar-refractivity contribution in [2.24, 2.45) is 0 Å². The molecule has 1 aliphatic rings. The van der Waals surface area contributed by atoms with E-state index < -0.39 is 0 Å². The zero-order valence-electron chi connectivity index (χ0n) is 12.6. The zero-order valence-corrected chi connectivity index (χ0v) is 12.6. The largest absolute Gasteiger partial charge is 0.322 e. The summed E-state index contributed by atoms with van der Waals surface area (Å²) in [5, 5.41) is 0. The summed E-state index contributed by atoms with van der Waals surface area (Å²) >= 11 is 0. The molecule has 2 aromatic rings. The van der Waals surface area contributed by atoms with Gasteiger partial charge in [-0.2, -0.15) is 0 Å². The van der Waals surface area contributed by atoms with Crippen LogP contribution in [0.25, 0.3) is 0 Å². The van der Waals surface area contributed by atoms with E-state index in [2.05, 4.69) is 0 Å². The van der Waals surface area contributed by atoms with Gasteiger partial charge in [0.15, 0.2) is 0 Å². The Labute approximate surface area is 130 Å². The fourth-order valence-electron chi connectivity index (χ4n) is 3.09. The second kappa shape index (κ2) is 6.99. The quantitative estimate of drug-likeness (QED) is 0.812. The predicted octanol–water partition coefficient (Wildman–Crippen LogP) is 0.448. The van der Waals surface area contributed by atoms with Crippen LogP contribution in [0.3, 0.4) is 0 Å². The average Bonchev–Trinajstić information content (AvgIpc) is 2.54. The monoisotopic (exact) mass is 304 g/mol. The molecule has 0 atom stereocenters. The van der Waals surface area contributed by atoms with Crippen LogP contribution in [0.2, 0.25) is 0 Å². The van der Waals surface area contributed by atoms with Crippen LogP contribution in [-0.2, 0) is 13.1 Å². The van der Waals surface area contributed by atoms with Gasteiger partial charge in [0.25, 0.3) is 0 Å². The van der Waals surface area contributed by atoms with Gasteiger partial charge in [-0.1, -0.05) is 24.3 Å². The first-order chi connectivity index (χ1) is 10.7. The van der Waals surface area contributed by atoms with E-state index in [0.29, 0.717) is 0 Å². The minimum Gasteiger partial charge on any atom is -0.322 e. The van der Waals surface area contributed by atoms with Gasteiger partial charge in [-0.3, -0.25) is 0 Å². The maximum absolute atomic E-state index is 12.9. The molecule has 2 nitrogen and oxygen atoms in total. The maximum Gasteiger partial charge on any atom is 0.127 e. The van der Waals surface area contributed by atoms with Crippen LogP contribution in [0.4, 0.5) is 8.78 Å². The van der Waals surface area contributed by atoms with Crippen LogP contribution in [0.5, 0.6) is 0 Å². The second-order valence-electron chi connectivity index (χ2n) is 6.11. The molecule has 1 saturated heterocycles. The van der Waals surface area contributed by atoms with E-state index in [1.54, 1.807) is 9.80 Å². The molecular weight excluding hydrogens is 282 g/mol. The zero-order chi connectivity index (χ0) is 15.4. The van der Waals surface area contributed by atoms with Crippen LogP contribution in [0.1, 0.15) is 11.1 Å². The van der Waals surface area contributed by atoms with Gasteiger partial charge in [0.2, 0.25) is 0 Å². The van der Waals surface area contributed by atoms with Gasteiger partial charge in [-0.05, 0) is 24.3 Å². The number of benzene rings is 2. The number of hydrogen-bond donors (Lipinski definition) is 2. The van der Waals surface area contributed by atoms with Gasteiger partial charge >= 0.3 is 0 Å². The van der Waals surface area contributed by atoms with Crippen LogP contribution >= 0.6 is 0 Å². The number of rotatable bonds is 4. The average molecular weight is 304 g/mol. The molecule has 1 fully saturated rings. The third kappa shape index (κ3) is 4.12. The Morgan fingerprint density at radius 1 is 0.591 bits per heavy atom. The molecule has 1 aliphatic heterocycles. The Morgan fingerprint density at radius 3 is 1.23 bits per heavy atom. The Kier molecular flexibility index (Phi) is 4.80. The number of quaternary nitrogens is 2. The molecule has 0 bridgehead atoms. The molecule has 4 heteroatoms. The third-order valence-electron chi connectivity index (χ3n) is 4.40. The van der Waals surface area contributed by atoms with Crippen molar-refractivity contribution in [3.63, 3.8) is 0 Å². The first-order valence-corrected chi connectivity index (χ1v) is 7.85. The Morgan fingerprint density at radius 2 is 0.909 bits per heavy atom. The van der Waals surface area contributed by atoms with E-state index in [9.17, 15) is 8.78 Å². The number of piperazine rings is 1. The van der Waals surface area contributed by atoms with E-state index in [0.717, 1.165) is 39.3 Å². The summed E-state index contributed by atoms with van der Waals surface area (Å²) in [6, 6.07) is 13.6. The van der Waals surface area contributed by atoms with E-state index >= 15 is 0 Å². The SMILES string of the molecule is Fc1ccc(C[NH+]2CC[NH+](Cc3ccc(F)cc3)CC2)cc1. The van der Waals surface area contributed by atoms with Crippen LogP contribution in [0, 0.1) is 11.6 Å². The minimum atomic E-state index is -0.174. The molecule has 2 aromatic carbocycles. The first kappa shape index (κ1) is 15.1. The number of halogens is 2. The molecular formula is C18H22F2N2+2. The van der Waals surface area contributed by atoms with Crippen LogP contribution in [0.15, 0.2) is 48.5 Å². The predicted molar refractivity (Wildman–Crippen MR) is 81.6 cm³/mol. The lowest BCUT2D eigenvalue weighted by molar-refractivity contribution is -1.02. The molecule has 3 rings (SSSR count). The van der Waals surface area contributed by atoms with Crippen molar-refractivity contribution in [3.8, 4) is 0 Å². The highest BCUT2D eigenvalue weighted by atomic mass is 19.1. The lowest BCUT2D eigenvalue weighted by Crippen LogP contribution is -3.27. The van der Waals surface area contributed by atoms with Gasteiger partial charge in [-0.25, -0.2) is 8.78 Å². The molecule has 0 unspecified atom stereocenters. The fraction of sp³-hybridized carbons (Fsp3) is 0.333. The normalized spacial score (nSPS) is 21.7. The summed E-state index contributed by atoms with van der Waals surface area (Å²) in [5.74, 6) is -0.348. The fourth-order valence-corrected chi connectivity index (χ4v) is 3.09. The summed E-state index contributed by atoms with van der Waals surface area (Å²) in [4.78, 5) is 3.10. The molecule has 0 saturated carbocycles. The van der Waals surface area contributed by atoms with Gasteiger partial charge in [0, 0.05) is 11.1 Å². The van der Waals surface area contributed by atoms with Crippen molar-refractivity contribution in [1.29, 1.82) is 0 Å². The van der Waals surface area contributed by atoms with Crippen molar-refractivity contribution in [1.82, 2.24) is 0 Å². The topological polar surface area (TPSA) is 8.88 Å². The highest BCUT2D eigenvalue weighted by molar-refractivity contribution is 5.15. The van der Waals surface area contributed by atoms with Crippen molar-refractivity contribution in [3.05, 3.63) is 71.3 Å². The third-order valence-corrected chi connectivity index (χ3v) is 4.40. The second-order valence-corrected chi connectivity index (χ2v) is 6.11. The number of hydrogen-bond acceptors (Lipinski definition) is 0. The van der Waals surface area contributed by atoms with E-state index in [1.165, 1.54) is 35.4 Å². The lowest BCUT2D eigenvalue weighted by Gasteiger charge is -2.29. The summed E-state index contributed by atoms with van der Waals surface area (Å²) in [7, 11) is 0. The maximum atomic E-state index is 12.9. The smallest absolute Gasteiger partial charge is 0.127 e. The van der Waals surface area contributed by atoms with Crippen LogP contribution < -0.4 is 9.80 Å². The van der Waals surface area contributed by atoms with Crippen molar-refractivity contribution in [2.45, 2.75) is 13.1 Å². The van der Waals surface area contributed by atoms with Crippen LogP contribution in [-0.4, -0.2) is 26.2 Å². The van der Waals surface area contributed by atoms with E-state index in [4.69, 9.17) is 0 Å². The Balaban J connectivity index is 1.47. The summed E-state index contributed by atoms with van der Waals surface area (Å²) in [6.45, 7) is 6.40. The summed E-state index contributed by atoms with van der Waals surface area (Å²) in [5.41, 5.74) is 2.39. The molecule has 0 amide bonds. The molecule has 0 radical (unpaired) electrons. The van der Waals surface area contributed by atoms with Gasteiger partial charge in [0.05, 0.1) is 0 Å². The molecule has 0 aromatic heterocycles. The summed E-state index contributed by atoms with van der Waals surface area (Å²) < 4.78 is 25.8.